The Hall–Kier alpha value is -3.17. The molecule has 3 aromatic heterocycles. The van der Waals surface area contributed by atoms with Crippen LogP contribution in [0.15, 0.2) is 30.9 Å². The molecule has 3 N–H and O–H groups in total. The Morgan fingerprint density at radius 3 is 2.70 bits per heavy atom. The largest absolute Gasteiger partial charge is 0.405 e. The number of nitrogens with one attached hydrogen (secondary N) is 3. The normalized spacial score (nSPS) is 14.7. The van der Waals surface area contributed by atoms with Crippen LogP contribution in [0, 0.1) is 0 Å². The predicted molar refractivity (Wildman–Crippen MR) is 106 cm³/mol. The molecule has 0 radical (unpaired) electrons. The van der Waals surface area contributed by atoms with Crippen LogP contribution in [0.5, 0.6) is 0 Å². The van der Waals surface area contributed by atoms with Crippen molar-refractivity contribution in [2.75, 3.05) is 11.9 Å². The lowest BCUT2D eigenvalue weighted by Gasteiger charge is -2.26. The number of carbonyl (C=O) groups is 1. The molecule has 1 aliphatic carbocycles. The smallest absolute Gasteiger partial charge is 0.355 e. The second-order valence-electron chi connectivity index (χ2n) is 7.98. The maximum atomic E-state index is 12.4. The molecule has 0 aromatic carbocycles. The molecule has 0 atom stereocenters. The first kappa shape index (κ1) is 20.1. The van der Waals surface area contributed by atoms with Crippen molar-refractivity contribution in [3.05, 3.63) is 36.4 Å². The molecule has 3 aromatic rings. The van der Waals surface area contributed by atoms with Gasteiger partial charge in [-0.25, -0.2) is 9.97 Å². The third-order valence-corrected chi connectivity index (χ3v) is 4.97. The molecule has 1 amide bonds. The van der Waals surface area contributed by atoms with E-state index in [1.807, 2.05) is 11.5 Å². The number of nitrogens with zero attached hydrogens (tertiary/aromatic N) is 3. The van der Waals surface area contributed by atoms with Gasteiger partial charge in [-0.3, -0.25) is 9.78 Å². The summed E-state index contributed by atoms with van der Waals surface area (Å²) < 4.78 is 37.2. The third-order valence-electron chi connectivity index (χ3n) is 4.97. The summed E-state index contributed by atoms with van der Waals surface area (Å²) in [5.74, 6) is 0.0393. The van der Waals surface area contributed by atoms with E-state index in [1.165, 1.54) is 25.6 Å². The summed E-state index contributed by atoms with van der Waals surface area (Å²) in [7, 11) is 0. The number of anilines is 1. The van der Waals surface area contributed by atoms with Crippen LogP contribution in [0.25, 0.3) is 22.3 Å². The van der Waals surface area contributed by atoms with Crippen LogP contribution in [0.4, 0.5) is 19.0 Å². The van der Waals surface area contributed by atoms with Crippen LogP contribution < -0.4 is 10.6 Å². The lowest BCUT2D eigenvalue weighted by molar-refractivity contribution is -0.140. The Morgan fingerprint density at radius 1 is 1.23 bits per heavy atom. The highest BCUT2D eigenvalue weighted by atomic mass is 19.4. The molecule has 1 aliphatic rings. The van der Waals surface area contributed by atoms with Crippen LogP contribution in [0.3, 0.4) is 0 Å². The topological polar surface area (TPSA) is 95.6 Å². The molecule has 0 spiro atoms. The molecule has 3 heterocycles. The minimum atomic E-state index is -4.48. The summed E-state index contributed by atoms with van der Waals surface area (Å²) in [5, 5.41) is 5.67. The molecule has 1 saturated carbocycles. The van der Waals surface area contributed by atoms with E-state index in [0.717, 1.165) is 29.4 Å². The average molecular weight is 418 g/mol. The summed E-state index contributed by atoms with van der Waals surface area (Å²) in [6.07, 6.45) is 4.54. The fourth-order valence-corrected chi connectivity index (χ4v) is 3.21. The molecule has 7 nitrogen and oxygen atoms in total. The van der Waals surface area contributed by atoms with E-state index in [9.17, 15) is 18.0 Å². The van der Waals surface area contributed by atoms with Gasteiger partial charge in [-0.05, 0) is 44.2 Å². The van der Waals surface area contributed by atoms with E-state index in [1.54, 1.807) is 12.4 Å². The molecule has 158 valence electrons. The van der Waals surface area contributed by atoms with Gasteiger partial charge >= 0.3 is 6.18 Å². The number of rotatable bonds is 6. The molecule has 30 heavy (non-hydrogen) atoms. The molecule has 0 saturated heterocycles. The average Bonchev–Trinajstić information content (AvgIpc) is 3.44. The molecular weight excluding hydrogens is 397 g/mol. The van der Waals surface area contributed by atoms with E-state index >= 15 is 0 Å². The van der Waals surface area contributed by atoms with Crippen LogP contribution >= 0.6 is 0 Å². The monoisotopic (exact) mass is 418 g/mol. The highest BCUT2D eigenvalue weighted by Gasteiger charge is 2.33. The van der Waals surface area contributed by atoms with Gasteiger partial charge in [-0.1, -0.05) is 0 Å². The number of H-pyrrole nitrogens is 1. The molecule has 1 fully saturated rings. The maximum Gasteiger partial charge on any atom is 0.405 e. The first-order chi connectivity index (χ1) is 14.1. The van der Waals surface area contributed by atoms with E-state index in [4.69, 9.17) is 0 Å². The number of hydrogen-bond acceptors (Lipinski definition) is 5. The Labute approximate surface area is 170 Å². The van der Waals surface area contributed by atoms with Gasteiger partial charge in [0.1, 0.15) is 23.5 Å². The van der Waals surface area contributed by atoms with Crippen molar-refractivity contribution in [1.29, 1.82) is 0 Å². The number of carbonyl (C=O) groups excluding carboxylic acids is 1. The van der Waals surface area contributed by atoms with E-state index in [0.29, 0.717) is 11.6 Å². The van der Waals surface area contributed by atoms with Crippen LogP contribution in [0.1, 0.15) is 38.2 Å². The number of hydrogen-bond donors (Lipinski definition) is 3. The van der Waals surface area contributed by atoms with Gasteiger partial charge in [0.15, 0.2) is 0 Å². The Kier molecular flexibility index (Phi) is 4.87. The van der Waals surface area contributed by atoms with Crippen molar-refractivity contribution in [1.82, 2.24) is 25.3 Å². The van der Waals surface area contributed by atoms with Gasteiger partial charge < -0.3 is 15.6 Å². The van der Waals surface area contributed by atoms with Crippen molar-refractivity contribution in [2.45, 2.75) is 44.3 Å². The van der Waals surface area contributed by atoms with Crippen LogP contribution in [-0.2, 0) is 4.79 Å². The van der Waals surface area contributed by atoms with Crippen molar-refractivity contribution < 1.29 is 18.0 Å². The standard InChI is InChI=1S/C20H21F3N6O/c1-19(2,18(30)27-10-20(21,22)23)29-16-9-24-8-15(28-16)14-7-26-17-13(14)5-12(6-25-17)11-3-4-11/h5-9,11H,3-4,10H2,1-2H3,(H,25,26)(H,27,30)(H,28,29). The van der Waals surface area contributed by atoms with E-state index in [-0.39, 0.29) is 5.82 Å². The van der Waals surface area contributed by atoms with Gasteiger partial charge in [-0.15, -0.1) is 0 Å². The second kappa shape index (κ2) is 7.26. The highest BCUT2D eigenvalue weighted by Crippen LogP contribution is 2.41. The molecule has 10 heteroatoms. The summed E-state index contributed by atoms with van der Waals surface area (Å²) in [5.41, 5.74) is 1.98. The molecular formula is C20H21F3N6O. The van der Waals surface area contributed by atoms with Crippen molar-refractivity contribution >= 4 is 22.8 Å². The van der Waals surface area contributed by atoms with Gasteiger partial charge in [0.25, 0.3) is 0 Å². The Balaban J connectivity index is 1.56. The van der Waals surface area contributed by atoms with Gasteiger partial charge in [0, 0.05) is 23.3 Å². The number of aromatic nitrogens is 4. The van der Waals surface area contributed by atoms with E-state index in [2.05, 4.69) is 31.3 Å². The summed E-state index contributed by atoms with van der Waals surface area (Å²) >= 11 is 0. The van der Waals surface area contributed by atoms with Gasteiger partial charge in [0.2, 0.25) is 5.91 Å². The van der Waals surface area contributed by atoms with Crippen LogP contribution in [-0.4, -0.2) is 44.1 Å². The minimum absolute atomic E-state index is 0.278. The van der Waals surface area contributed by atoms with Crippen LogP contribution in [0.2, 0.25) is 0 Å². The fraction of sp³-hybridized carbons (Fsp3) is 0.400. The number of alkyl halides is 3. The zero-order valence-corrected chi connectivity index (χ0v) is 16.5. The Morgan fingerprint density at radius 2 is 2.00 bits per heavy atom. The zero-order chi connectivity index (χ0) is 21.5. The van der Waals surface area contributed by atoms with Gasteiger partial charge in [0.05, 0.1) is 18.1 Å². The van der Waals surface area contributed by atoms with Crippen molar-refractivity contribution in [3.63, 3.8) is 0 Å². The number of pyridine rings is 1. The van der Waals surface area contributed by atoms with E-state index < -0.39 is 24.2 Å². The lowest BCUT2D eigenvalue weighted by atomic mass is 10.0. The van der Waals surface area contributed by atoms with Crippen molar-refractivity contribution in [2.24, 2.45) is 0 Å². The summed E-state index contributed by atoms with van der Waals surface area (Å²) in [4.78, 5) is 28.4. The first-order valence-corrected chi connectivity index (χ1v) is 9.55. The maximum absolute atomic E-state index is 12.4. The minimum Gasteiger partial charge on any atom is -0.355 e. The number of halogens is 3. The fourth-order valence-electron chi connectivity index (χ4n) is 3.21. The first-order valence-electron chi connectivity index (χ1n) is 9.55. The quantitative estimate of drug-likeness (QED) is 0.567. The summed E-state index contributed by atoms with van der Waals surface area (Å²) in [6.45, 7) is 1.56. The number of amides is 1. The molecule has 0 bridgehead atoms. The summed E-state index contributed by atoms with van der Waals surface area (Å²) in [6, 6.07) is 2.10. The second-order valence-corrected chi connectivity index (χ2v) is 7.98. The number of aromatic amines is 1. The van der Waals surface area contributed by atoms with Crippen molar-refractivity contribution in [3.8, 4) is 11.3 Å². The third kappa shape index (κ3) is 4.37. The highest BCUT2D eigenvalue weighted by molar-refractivity contribution is 5.93. The molecule has 4 rings (SSSR count). The lowest BCUT2D eigenvalue weighted by Crippen LogP contribution is -2.50. The molecule has 0 unspecified atom stereocenters. The molecule has 0 aliphatic heterocycles. The Bertz CT molecular complexity index is 1090. The van der Waals surface area contributed by atoms with Gasteiger partial charge in [-0.2, -0.15) is 13.2 Å². The predicted octanol–water partition coefficient (Wildman–Crippen LogP) is 3.77. The zero-order valence-electron chi connectivity index (χ0n) is 16.5. The SMILES string of the molecule is CC(C)(Nc1cncc(-c2c[nH]c3ncc(C4CC4)cc23)n1)C(=O)NCC(F)(F)F. The number of fused-ring (bicyclic) bond motifs is 1.